The molecule has 0 saturated heterocycles. The molecule has 0 aliphatic rings. The molecule has 3 N–H and O–H groups in total. The maximum absolute atomic E-state index is 5.43. The molecular weight excluding hydrogens is 230 g/mol. The first-order chi connectivity index (χ1) is 8.74. The zero-order chi connectivity index (χ0) is 13.4. The van der Waals surface area contributed by atoms with Crippen LogP contribution in [0.25, 0.3) is 0 Å². The van der Waals surface area contributed by atoms with Crippen molar-refractivity contribution in [3.05, 3.63) is 11.9 Å². The Hall–Kier alpha value is -1.40. The normalized spacial score (nSPS) is 10.4. The molecular formula is C12H23N5O. The molecule has 0 aromatic carbocycles. The third kappa shape index (κ3) is 4.12. The first-order valence-corrected chi connectivity index (χ1v) is 6.42. The number of rotatable bonds is 8. The second kappa shape index (κ2) is 7.84. The van der Waals surface area contributed by atoms with E-state index in [1.54, 1.807) is 0 Å². The molecule has 6 nitrogen and oxygen atoms in total. The van der Waals surface area contributed by atoms with E-state index < -0.39 is 0 Å². The highest BCUT2D eigenvalue weighted by Gasteiger charge is 2.09. The van der Waals surface area contributed by atoms with E-state index in [0.29, 0.717) is 24.9 Å². The third-order valence-corrected chi connectivity index (χ3v) is 2.54. The number of anilines is 2. The van der Waals surface area contributed by atoms with Gasteiger partial charge in [-0.2, -0.15) is 0 Å². The fourth-order valence-electron chi connectivity index (χ4n) is 1.68. The van der Waals surface area contributed by atoms with E-state index in [-0.39, 0.29) is 0 Å². The lowest BCUT2D eigenvalue weighted by molar-refractivity contribution is 0.128. The number of nitrogen functional groups attached to an aromatic ring is 1. The van der Waals surface area contributed by atoms with Crippen molar-refractivity contribution < 1.29 is 4.74 Å². The lowest BCUT2D eigenvalue weighted by Crippen LogP contribution is -2.25. The van der Waals surface area contributed by atoms with Crippen LogP contribution in [0, 0.1) is 0 Å². The van der Waals surface area contributed by atoms with Gasteiger partial charge >= 0.3 is 0 Å². The fraction of sp³-hybridized carbons (Fsp3) is 0.667. The minimum Gasteiger partial charge on any atom is -0.374 e. The van der Waals surface area contributed by atoms with Crippen molar-refractivity contribution in [1.82, 2.24) is 9.97 Å². The number of hydrogen-bond acceptors (Lipinski definition) is 6. The van der Waals surface area contributed by atoms with E-state index >= 15 is 0 Å². The summed E-state index contributed by atoms with van der Waals surface area (Å²) in [6.07, 6.45) is 1.07. The van der Waals surface area contributed by atoms with Crippen molar-refractivity contribution in [2.24, 2.45) is 5.84 Å². The van der Waals surface area contributed by atoms with E-state index in [9.17, 15) is 0 Å². The Kier molecular flexibility index (Phi) is 6.38. The highest BCUT2D eigenvalue weighted by atomic mass is 16.5. The van der Waals surface area contributed by atoms with Gasteiger partial charge in [-0.3, -0.25) is 0 Å². The van der Waals surface area contributed by atoms with Gasteiger partial charge in [0.15, 0.2) is 5.82 Å². The molecule has 18 heavy (non-hydrogen) atoms. The van der Waals surface area contributed by atoms with Crippen LogP contribution in [0.5, 0.6) is 0 Å². The number of hydrazine groups is 1. The van der Waals surface area contributed by atoms with Crippen molar-refractivity contribution in [2.45, 2.75) is 33.8 Å². The smallest absolute Gasteiger partial charge is 0.158 e. The molecule has 0 radical (unpaired) electrons. The monoisotopic (exact) mass is 253 g/mol. The predicted molar refractivity (Wildman–Crippen MR) is 73.4 cm³/mol. The Morgan fingerprint density at radius 1 is 1.33 bits per heavy atom. The van der Waals surface area contributed by atoms with Gasteiger partial charge in [0.1, 0.15) is 18.2 Å². The molecule has 0 saturated carbocycles. The summed E-state index contributed by atoms with van der Waals surface area (Å²) in [7, 11) is 0. The van der Waals surface area contributed by atoms with Crippen LogP contribution in [0.3, 0.4) is 0 Å². The quantitative estimate of drug-likeness (QED) is 0.540. The molecule has 0 aliphatic carbocycles. The zero-order valence-corrected chi connectivity index (χ0v) is 11.4. The van der Waals surface area contributed by atoms with E-state index in [1.165, 1.54) is 0 Å². The molecule has 1 heterocycles. The summed E-state index contributed by atoms with van der Waals surface area (Å²) in [5.74, 6) is 7.58. The fourth-order valence-corrected chi connectivity index (χ4v) is 1.68. The average Bonchev–Trinajstić information content (AvgIpc) is 2.42. The Morgan fingerprint density at radius 3 is 2.67 bits per heavy atom. The van der Waals surface area contributed by atoms with Crippen LogP contribution in [-0.4, -0.2) is 29.7 Å². The molecule has 1 rings (SSSR count). The van der Waals surface area contributed by atoms with Crippen LogP contribution in [0.15, 0.2) is 6.07 Å². The molecule has 1 aromatic heterocycles. The Balaban J connectivity index is 2.94. The number of aromatic nitrogens is 2. The SMILES string of the molecule is CCCN(CC)c1cc(NN)nc(COCC)n1. The van der Waals surface area contributed by atoms with Gasteiger partial charge in [-0.25, -0.2) is 15.8 Å². The second-order valence-corrected chi connectivity index (χ2v) is 3.89. The van der Waals surface area contributed by atoms with Crippen molar-refractivity contribution in [2.75, 3.05) is 30.0 Å². The van der Waals surface area contributed by atoms with Crippen LogP contribution < -0.4 is 16.2 Å². The molecule has 0 amide bonds. The number of nitrogens with zero attached hydrogens (tertiary/aromatic N) is 3. The minimum atomic E-state index is 0.405. The van der Waals surface area contributed by atoms with Gasteiger partial charge in [0.25, 0.3) is 0 Å². The van der Waals surface area contributed by atoms with Crippen LogP contribution in [-0.2, 0) is 11.3 Å². The molecule has 0 aliphatic heterocycles. The lowest BCUT2D eigenvalue weighted by atomic mass is 10.3. The van der Waals surface area contributed by atoms with Crippen molar-refractivity contribution >= 4 is 11.6 Å². The van der Waals surface area contributed by atoms with E-state index in [0.717, 1.165) is 25.3 Å². The van der Waals surface area contributed by atoms with E-state index in [1.807, 2.05) is 13.0 Å². The standard InChI is InChI=1S/C12H23N5O/c1-4-7-17(5-2)12-8-10(16-13)14-11(15-12)9-18-6-3/h8H,4-7,9,13H2,1-3H3,(H,14,15,16). The Labute approximate surface area is 109 Å². The second-order valence-electron chi connectivity index (χ2n) is 3.89. The van der Waals surface area contributed by atoms with Gasteiger partial charge < -0.3 is 15.1 Å². The third-order valence-electron chi connectivity index (χ3n) is 2.54. The lowest BCUT2D eigenvalue weighted by Gasteiger charge is -2.22. The summed E-state index contributed by atoms with van der Waals surface area (Å²) in [5.41, 5.74) is 2.57. The number of nitrogens with one attached hydrogen (secondary N) is 1. The first-order valence-electron chi connectivity index (χ1n) is 6.42. The summed E-state index contributed by atoms with van der Waals surface area (Å²) in [6.45, 7) is 9.12. The van der Waals surface area contributed by atoms with Crippen LogP contribution in [0.4, 0.5) is 11.6 Å². The zero-order valence-electron chi connectivity index (χ0n) is 11.4. The molecule has 0 spiro atoms. The molecule has 1 aromatic rings. The summed E-state index contributed by atoms with van der Waals surface area (Å²) in [6, 6.07) is 1.86. The Morgan fingerprint density at radius 2 is 2.11 bits per heavy atom. The van der Waals surface area contributed by atoms with Crippen LogP contribution in [0.1, 0.15) is 33.0 Å². The molecule has 0 bridgehead atoms. The molecule has 0 unspecified atom stereocenters. The van der Waals surface area contributed by atoms with Crippen molar-refractivity contribution in [1.29, 1.82) is 0 Å². The molecule has 102 valence electrons. The highest BCUT2D eigenvalue weighted by Crippen LogP contribution is 2.16. The topological polar surface area (TPSA) is 76.3 Å². The maximum atomic E-state index is 5.43. The number of ether oxygens (including phenoxy) is 1. The number of nitrogens with two attached hydrogens (primary N) is 1. The summed E-state index contributed by atoms with van der Waals surface area (Å²) in [5, 5.41) is 0. The largest absolute Gasteiger partial charge is 0.374 e. The molecule has 6 heteroatoms. The minimum absolute atomic E-state index is 0.405. The molecule has 0 fully saturated rings. The maximum Gasteiger partial charge on any atom is 0.158 e. The number of hydrogen-bond donors (Lipinski definition) is 2. The summed E-state index contributed by atoms with van der Waals surface area (Å²) < 4.78 is 5.34. The highest BCUT2D eigenvalue weighted by molar-refractivity contribution is 5.48. The van der Waals surface area contributed by atoms with Gasteiger partial charge in [0, 0.05) is 25.8 Å². The van der Waals surface area contributed by atoms with Gasteiger partial charge in [-0.15, -0.1) is 0 Å². The van der Waals surface area contributed by atoms with E-state index in [2.05, 4.69) is 34.1 Å². The van der Waals surface area contributed by atoms with Gasteiger partial charge in [0.05, 0.1) is 0 Å². The van der Waals surface area contributed by atoms with Crippen LogP contribution in [0.2, 0.25) is 0 Å². The predicted octanol–water partition coefficient (Wildman–Crippen LogP) is 1.53. The Bertz CT molecular complexity index is 358. The summed E-state index contributed by atoms with van der Waals surface area (Å²) in [4.78, 5) is 11.0. The molecule has 0 atom stereocenters. The van der Waals surface area contributed by atoms with Gasteiger partial charge in [0.2, 0.25) is 0 Å². The first kappa shape index (κ1) is 14.7. The van der Waals surface area contributed by atoms with Crippen molar-refractivity contribution in [3.8, 4) is 0 Å². The average molecular weight is 253 g/mol. The van der Waals surface area contributed by atoms with Gasteiger partial charge in [-0.1, -0.05) is 6.92 Å². The summed E-state index contributed by atoms with van der Waals surface area (Å²) >= 11 is 0. The van der Waals surface area contributed by atoms with Gasteiger partial charge in [-0.05, 0) is 20.3 Å². The van der Waals surface area contributed by atoms with E-state index in [4.69, 9.17) is 10.6 Å². The van der Waals surface area contributed by atoms with Crippen molar-refractivity contribution in [3.63, 3.8) is 0 Å². The van der Waals surface area contributed by atoms with Crippen LogP contribution >= 0.6 is 0 Å².